The molecule has 0 aliphatic rings. The van der Waals surface area contributed by atoms with Gasteiger partial charge in [-0.3, -0.25) is 0 Å². The highest BCUT2D eigenvalue weighted by molar-refractivity contribution is 6.32. The standard InChI is InChI=1S/C13H16ClN3O/c1-8-6-12(18-3)11(9(2)13(8)14)5-4-10-7-15-17-16-10/h6-7H,4-5H2,1-3H3,(H,15,16,17). The van der Waals surface area contributed by atoms with Crippen molar-refractivity contribution in [2.75, 3.05) is 7.11 Å². The number of rotatable bonds is 4. The molecule has 0 unspecified atom stereocenters. The van der Waals surface area contributed by atoms with E-state index in [2.05, 4.69) is 15.4 Å². The third kappa shape index (κ3) is 2.48. The number of aromatic amines is 1. The average Bonchev–Trinajstić information content (AvgIpc) is 2.87. The van der Waals surface area contributed by atoms with Gasteiger partial charge in [0.05, 0.1) is 19.0 Å². The van der Waals surface area contributed by atoms with Crippen LogP contribution < -0.4 is 4.74 Å². The Hall–Kier alpha value is -1.55. The smallest absolute Gasteiger partial charge is 0.122 e. The van der Waals surface area contributed by atoms with E-state index in [1.807, 2.05) is 19.9 Å². The van der Waals surface area contributed by atoms with Crippen LogP contribution in [0.25, 0.3) is 0 Å². The lowest BCUT2D eigenvalue weighted by atomic mass is 9.99. The molecule has 96 valence electrons. The monoisotopic (exact) mass is 265 g/mol. The zero-order valence-corrected chi connectivity index (χ0v) is 11.5. The topological polar surface area (TPSA) is 50.8 Å². The Morgan fingerprint density at radius 1 is 1.33 bits per heavy atom. The normalized spacial score (nSPS) is 10.7. The number of halogens is 1. The van der Waals surface area contributed by atoms with Crippen molar-refractivity contribution in [2.45, 2.75) is 26.7 Å². The van der Waals surface area contributed by atoms with Crippen LogP contribution in [0.4, 0.5) is 0 Å². The average molecular weight is 266 g/mol. The molecular formula is C13H16ClN3O. The zero-order valence-electron chi connectivity index (χ0n) is 10.7. The highest BCUT2D eigenvalue weighted by Gasteiger charge is 2.13. The van der Waals surface area contributed by atoms with Gasteiger partial charge in [-0.25, -0.2) is 0 Å². The number of nitrogens with one attached hydrogen (secondary N) is 1. The minimum absolute atomic E-state index is 0.811. The van der Waals surface area contributed by atoms with Crippen molar-refractivity contribution in [1.29, 1.82) is 0 Å². The molecule has 1 aromatic carbocycles. The van der Waals surface area contributed by atoms with Crippen LogP contribution in [0, 0.1) is 13.8 Å². The number of hydrogen-bond donors (Lipinski definition) is 1. The Morgan fingerprint density at radius 3 is 2.72 bits per heavy atom. The molecule has 0 aliphatic carbocycles. The Bertz CT molecular complexity index is 538. The van der Waals surface area contributed by atoms with Gasteiger partial charge in [0.1, 0.15) is 5.75 Å². The van der Waals surface area contributed by atoms with E-state index < -0.39 is 0 Å². The van der Waals surface area contributed by atoms with Crippen LogP contribution in [-0.4, -0.2) is 22.5 Å². The largest absolute Gasteiger partial charge is 0.496 e. The van der Waals surface area contributed by atoms with E-state index in [9.17, 15) is 0 Å². The van der Waals surface area contributed by atoms with E-state index in [4.69, 9.17) is 16.3 Å². The van der Waals surface area contributed by atoms with Crippen LogP contribution in [0.2, 0.25) is 5.02 Å². The molecule has 0 spiro atoms. The van der Waals surface area contributed by atoms with Crippen LogP contribution in [0.15, 0.2) is 12.3 Å². The van der Waals surface area contributed by atoms with Crippen molar-refractivity contribution >= 4 is 11.6 Å². The quantitative estimate of drug-likeness (QED) is 0.925. The van der Waals surface area contributed by atoms with E-state index >= 15 is 0 Å². The number of ether oxygens (including phenoxy) is 1. The lowest BCUT2D eigenvalue weighted by Gasteiger charge is -2.14. The molecule has 4 nitrogen and oxygen atoms in total. The Kier molecular flexibility index (Phi) is 3.87. The summed E-state index contributed by atoms with van der Waals surface area (Å²) >= 11 is 6.28. The van der Waals surface area contributed by atoms with Gasteiger partial charge in [-0.2, -0.15) is 15.4 Å². The molecule has 0 amide bonds. The molecular weight excluding hydrogens is 250 g/mol. The molecule has 0 radical (unpaired) electrons. The molecule has 0 atom stereocenters. The predicted octanol–water partition coefficient (Wildman–Crippen LogP) is 2.87. The first-order valence-electron chi connectivity index (χ1n) is 5.80. The number of hydrogen-bond acceptors (Lipinski definition) is 3. The molecule has 0 saturated heterocycles. The summed E-state index contributed by atoms with van der Waals surface area (Å²) in [6.07, 6.45) is 3.38. The van der Waals surface area contributed by atoms with Crippen molar-refractivity contribution in [3.8, 4) is 5.75 Å². The molecule has 1 N–H and O–H groups in total. The van der Waals surface area contributed by atoms with Gasteiger partial charge in [-0.15, -0.1) is 0 Å². The van der Waals surface area contributed by atoms with E-state index in [-0.39, 0.29) is 0 Å². The Balaban J connectivity index is 2.28. The maximum absolute atomic E-state index is 6.28. The van der Waals surface area contributed by atoms with Crippen LogP contribution in [0.5, 0.6) is 5.75 Å². The molecule has 2 rings (SSSR count). The second-order valence-corrected chi connectivity index (χ2v) is 4.65. The first kappa shape index (κ1) is 12.9. The third-order valence-electron chi connectivity index (χ3n) is 3.09. The summed E-state index contributed by atoms with van der Waals surface area (Å²) in [5, 5.41) is 11.3. The maximum atomic E-state index is 6.28. The van der Waals surface area contributed by atoms with Crippen molar-refractivity contribution < 1.29 is 4.74 Å². The summed E-state index contributed by atoms with van der Waals surface area (Å²) in [6, 6.07) is 1.98. The zero-order chi connectivity index (χ0) is 13.1. The fraction of sp³-hybridized carbons (Fsp3) is 0.385. The molecule has 2 aromatic rings. The lowest BCUT2D eigenvalue weighted by Crippen LogP contribution is -2.00. The van der Waals surface area contributed by atoms with Gasteiger partial charge in [0.25, 0.3) is 0 Å². The van der Waals surface area contributed by atoms with Crippen molar-refractivity contribution in [3.05, 3.63) is 39.7 Å². The van der Waals surface area contributed by atoms with Gasteiger partial charge in [0.15, 0.2) is 0 Å². The van der Waals surface area contributed by atoms with Crippen LogP contribution in [0.3, 0.4) is 0 Å². The van der Waals surface area contributed by atoms with Gasteiger partial charge >= 0.3 is 0 Å². The van der Waals surface area contributed by atoms with E-state index in [0.29, 0.717) is 0 Å². The summed E-state index contributed by atoms with van der Waals surface area (Å²) in [6.45, 7) is 4.01. The maximum Gasteiger partial charge on any atom is 0.122 e. The van der Waals surface area contributed by atoms with Crippen LogP contribution in [-0.2, 0) is 12.8 Å². The number of aryl methyl sites for hydroxylation is 2. The molecule has 1 heterocycles. The fourth-order valence-corrected chi connectivity index (χ4v) is 2.22. The molecule has 0 bridgehead atoms. The first-order chi connectivity index (χ1) is 8.63. The summed E-state index contributed by atoms with van der Waals surface area (Å²) in [7, 11) is 1.68. The van der Waals surface area contributed by atoms with Gasteiger partial charge < -0.3 is 4.74 Å². The minimum Gasteiger partial charge on any atom is -0.496 e. The predicted molar refractivity (Wildman–Crippen MR) is 71.3 cm³/mol. The van der Waals surface area contributed by atoms with E-state index in [1.165, 1.54) is 0 Å². The van der Waals surface area contributed by atoms with Gasteiger partial charge in [-0.05, 0) is 49.4 Å². The van der Waals surface area contributed by atoms with Crippen LogP contribution >= 0.6 is 11.6 Å². The highest BCUT2D eigenvalue weighted by atomic mass is 35.5. The summed E-state index contributed by atoms with van der Waals surface area (Å²) < 4.78 is 5.43. The lowest BCUT2D eigenvalue weighted by molar-refractivity contribution is 0.408. The molecule has 0 aliphatic heterocycles. The molecule has 0 fully saturated rings. The number of nitrogens with zero attached hydrogens (tertiary/aromatic N) is 2. The molecule has 1 aromatic heterocycles. The van der Waals surface area contributed by atoms with E-state index in [1.54, 1.807) is 13.3 Å². The Labute approximate surface area is 111 Å². The highest BCUT2D eigenvalue weighted by Crippen LogP contribution is 2.32. The Morgan fingerprint density at radius 2 is 2.11 bits per heavy atom. The second-order valence-electron chi connectivity index (χ2n) is 4.27. The number of aromatic nitrogens is 3. The van der Waals surface area contributed by atoms with Crippen LogP contribution in [0.1, 0.15) is 22.4 Å². The summed E-state index contributed by atoms with van der Waals surface area (Å²) in [5.74, 6) is 0.887. The van der Waals surface area contributed by atoms with Gasteiger partial charge in [-0.1, -0.05) is 11.6 Å². The molecule has 0 saturated carbocycles. The van der Waals surface area contributed by atoms with Gasteiger partial charge in [0.2, 0.25) is 0 Å². The third-order valence-corrected chi connectivity index (χ3v) is 3.67. The van der Waals surface area contributed by atoms with Crippen molar-refractivity contribution in [1.82, 2.24) is 15.4 Å². The van der Waals surface area contributed by atoms with E-state index in [0.717, 1.165) is 46.0 Å². The molecule has 18 heavy (non-hydrogen) atoms. The van der Waals surface area contributed by atoms with Crippen molar-refractivity contribution in [2.24, 2.45) is 0 Å². The minimum atomic E-state index is 0.811. The molecule has 5 heteroatoms. The van der Waals surface area contributed by atoms with Gasteiger partial charge in [0, 0.05) is 5.02 Å². The SMILES string of the molecule is COc1cc(C)c(Cl)c(C)c1CCc1cn[nH]n1. The second kappa shape index (κ2) is 5.40. The first-order valence-corrected chi connectivity index (χ1v) is 6.18. The fourth-order valence-electron chi connectivity index (χ4n) is 2.05. The summed E-state index contributed by atoms with van der Waals surface area (Å²) in [4.78, 5) is 0. The number of methoxy groups -OCH3 is 1. The summed E-state index contributed by atoms with van der Waals surface area (Å²) in [5.41, 5.74) is 4.19. The number of benzene rings is 1. The van der Waals surface area contributed by atoms with Crippen molar-refractivity contribution in [3.63, 3.8) is 0 Å². The number of H-pyrrole nitrogens is 1.